The molecule has 37 heavy (non-hydrogen) atoms. The zero-order valence-corrected chi connectivity index (χ0v) is 22.1. The number of nitrogens with two attached hydrogens (primary N) is 1. The molecule has 0 atom stereocenters. The normalized spacial score (nSPS) is 11.3. The van der Waals surface area contributed by atoms with Gasteiger partial charge in [0.25, 0.3) is 11.5 Å². The summed E-state index contributed by atoms with van der Waals surface area (Å²) in [7, 11) is 1.68. The summed E-state index contributed by atoms with van der Waals surface area (Å²) in [6.45, 7) is 10.3. The van der Waals surface area contributed by atoms with E-state index < -0.39 is 0 Å². The standard InChI is InChI=1S/C30H33N5O2/c1-18-10-15-22(16-24(18)31)32-27-29(37)35(6)17-26(33-27)23-8-7-9-25(19(23)2)34-28(36)20-11-13-21(14-12-20)30(3,4)5/h7-17H,31H2,1-6H3,(H,32,33)(H,34,36). The molecule has 0 spiro atoms. The lowest BCUT2D eigenvalue weighted by Crippen LogP contribution is -2.21. The molecule has 7 nitrogen and oxygen atoms in total. The third-order valence-electron chi connectivity index (χ3n) is 6.48. The van der Waals surface area contributed by atoms with Crippen LogP contribution in [0.1, 0.15) is 47.8 Å². The van der Waals surface area contributed by atoms with Gasteiger partial charge in [-0.1, -0.05) is 51.1 Å². The van der Waals surface area contributed by atoms with Crippen molar-refractivity contribution in [2.75, 3.05) is 16.4 Å². The number of rotatable bonds is 5. The van der Waals surface area contributed by atoms with E-state index in [0.717, 1.165) is 16.7 Å². The Bertz CT molecular complexity index is 1530. The van der Waals surface area contributed by atoms with Crippen molar-refractivity contribution in [2.45, 2.75) is 40.0 Å². The molecule has 0 aliphatic carbocycles. The number of carbonyl (C=O) groups excluding carboxylic acids is 1. The molecule has 0 bridgehead atoms. The number of carbonyl (C=O) groups is 1. The quantitative estimate of drug-likeness (QED) is 0.297. The Kier molecular flexibility index (Phi) is 6.90. The van der Waals surface area contributed by atoms with Crippen molar-refractivity contribution >= 4 is 28.8 Å². The average molecular weight is 496 g/mol. The van der Waals surface area contributed by atoms with Crippen LogP contribution >= 0.6 is 0 Å². The first-order chi connectivity index (χ1) is 17.4. The lowest BCUT2D eigenvalue weighted by atomic mass is 9.86. The SMILES string of the molecule is Cc1ccc(Nc2nc(-c3cccc(NC(=O)c4ccc(C(C)(C)C)cc4)c3C)cn(C)c2=O)cc1N. The topological polar surface area (TPSA) is 102 Å². The molecule has 0 unspecified atom stereocenters. The van der Waals surface area contributed by atoms with E-state index >= 15 is 0 Å². The van der Waals surface area contributed by atoms with E-state index in [1.165, 1.54) is 10.1 Å². The van der Waals surface area contributed by atoms with Crippen molar-refractivity contribution in [1.82, 2.24) is 9.55 Å². The highest BCUT2D eigenvalue weighted by Crippen LogP contribution is 2.29. The summed E-state index contributed by atoms with van der Waals surface area (Å²) >= 11 is 0. The number of aromatic nitrogens is 2. The molecule has 190 valence electrons. The molecule has 0 fully saturated rings. The third-order valence-corrected chi connectivity index (χ3v) is 6.48. The smallest absolute Gasteiger partial charge is 0.293 e. The summed E-state index contributed by atoms with van der Waals surface area (Å²) in [5, 5.41) is 6.12. The van der Waals surface area contributed by atoms with E-state index in [2.05, 4.69) is 36.4 Å². The molecule has 4 N–H and O–H groups in total. The van der Waals surface area contributed by atoms with Gasteiger partial charge in [-0.25, -0.2) is 4.98 Å². The van der Waals surface area contributed by atoms with Gasteiger partial charge in [-0.2, -0.15) is 0 Å². The molecular weight excluding hydrogens is 462 g/mol. The monoisotopic (exact) mass is 495 g/mol. The predicted molar refractivity (Wildman–Crippen MR) is 152 cm³/mol. The molecule has 0 saturated carbocycles. The van der Waals surface area contributed by atoms with Gasteiger partial charge in [-0.15, -0.1) is 0 Å². The van der Waals surface area contributed by atoms with E-state index in [1.807, 2.05) is 68.4 Å². The molecule has 1 amide bonds. The van der Waals surface area contributed by atoms with Gasteiger partial charge in [-0.3, -0.25) is 9.59 Å². The first kappa shape index (κ1) is 25.7. The Morgan fingerprint density at radius 3 is 2.35 bits per heavy atom. The second kappa shape index (κ2) is 9.93. The zero-order valence-electron chi connectivity index (χ0n) is 22.1. The summed E-state index contributed by atoms with van der Waals surface area (Å²) in [5.74, 6) is 0.00414. The molecule has 4 aromatic rings. The van der Waals surface area contributed by atoms with Crippen LogP contribution in [-0.4, -0.2) is 15.5 Å². The van der Waals surface area contributed by atoms with E-state index in [4.69, 9.17) is 5.73 Å². The Balaban J connectivity index is 1.63. The third kappa shape index (κ3) is 5.56. The molecular formula is C30H33N5O2. The van der Waals surface area contributed by atoms with Crippen LogP contribution in [0, 0.1) is 13.8 Å². The summed E-state index contributed by atoms with van der Waals surface area (Å²) in [5.41, 5.74) is 12.7. The summed E-state index contributed by atoms with van der Waals surface area (Å²) in [4.78, 5) is 30.4. The number of amides is 1. The molecule has 1 heterocycles. The predicted octanol–water partition coefficient (Wildman–Crippen LogP) is 5.94. The van der Waals surface area contributed by atoms with Gasteiger partial charge in [-0.05, 0) is 66.3 Å². The van der Waals surface area contributed by atoms with Crippen LogP contribution < -0.4 is 21.9 Å². The molecule has 0 aliphatic heterocycles. The van der Waals surface area contributed by atoms with Crippen molar-refractivity contribution in [1.29, 1.82) is 0 Å². The Hall–Kier alpha value is -4.39. The maximum absolute atomic E-state index is 13.0. The maximum atomic E-state index is 13.0. The van der Waals surface area contributed by atoms with Crippen LogP contribution in [0.15, 0.2) is 71.7 Å². The van der Waals surface area contributed by atoms with E-state index in [-0.39, 0.29) is 22.7 Å². The molecule has 3 aromatic carbocycles. The van der Waals surface area contributed by atoms with Crippen molar-refractivity contribution in [3.63, 3.8) is 0 Å². The van der Waals surface area contributed by atoms with Gasteiger partial charge in [0.15, 0.2) is 5.82 Å². The van der Waals surface area contributed by atoms with Crippen LogP contribution in [0.2, 0.25) is 0 Å². The summed E-state index contributed by atoms with van der Waals surface area (Å²) < 4.78 is 1.49. The molecule has 4 rings (SSSR count). The van der Waals surface area contributed by atoms with E-state index in [0.29, 0.717) is 28.3 Å². The lowest BCUT2D eigenvalue weighted by molar-refractivity contribution is 0.102. The van der Waals surface area contributed by atoms with Crippen LogP contribution in [0.3, 0.4) is 0 Å². The summed E-state index contributed by atoms with van der Waals surface area (Å²) in [6, 6.07) is 18.8. The largest absolute Gasteiger partial charge is 0.398 e. The number of nitrogens with one attached hydrogen (secondary N) is 2. The number of benzene rings is 3. The molecule has 7 heteroatoms. The molecule has 0 saturated heterocycles. The summed E-state index contributed by atoms with van der Waals surface area (Å²) in [6.07, 6.45) is 1.69. The van der Waals surface area contributed by atoms with Crippen molar-refractivity contribution in [2.24, 2.45) is 7.05 Å². The molecule has 0 aliphatic rings. The highest BCUT2D eigenvalue weighted by molar-refractivity contribution is 6.05. The van der Waals surface area contributed by atoms with E-state index in [9.17, 15) is 9.59 Å². The fourth-order valence-corrected chi connectivity index (χ4v) is 4.04. The number of anilines is 4. The average Bonchev–Trinajstić information content (AvgIpc) is 2.85. The van der Waals surface area contributed by atoms with Gasteiger partial charge < -0.3 is 20.9 Å². The Labute approximate surface area is 217 Å². The minimum Gasteiger partial charge on any atom is -0.398 e. The van der Waals surface area contributed by atoms with Gasteiger partial charge in [0.2, 0.25) is 0 Å². The lowest BCUT2D eigenvalue weighted by Gasteiger charge is -2.19. The van der Waals surface area contributed by atoms with Crippen molar-refractivity contribution in [3.05, 3.63) is 99.5 Å². The first-order valence-corrected chi connectivity index (χ1v) is 12.2. The number of nitrogens with zero attached hydrogens (tertiary/aromatic N) is 2. The van der Waals surface area contributed by atoms with Crippen molar-refractivity contribution in [3.8, 4) is 11.3 Å². The molecule has 0 radical (unpaired) electrons. The van der Waals surface area contributed by atoms with Crippen LogP contribution in [0.5, 0.6) is 0 Å². The van der Waals surface area contributed by atoms with Gasteiger partial charge in [0, 0.05) is 41.4 Å². The highest BCUT2D eigenvalue weighted by Gasteiger charge is 2.16. The number of hydrogen-bond donors (Lipinski definition) is 3. The highest BCUT2D eigenvalue weighted by atomic mass is 16.1. The van der Waals surface area contributed by atoms with Gasteiger partial charge >= 0.3 is 0 Å². The van der Waals surface area contributed by atoms with Crippen LogP contribution in [0.25, 0.3) is 11.3 Å². The van der Waals surface area contributed by atoms with Crippen LogP contribution in [0.4, 0.5) is 22.9 Å². The van der Waals surface area contributed by atoms with E-state index in [1.54, 1.807) is 19.3 Å². The van der Waals surface area contributed by atoms with Crippen molar-refractivity contribution < 1.29 is 4.79 Å². The first-order valence-electron chi connectivity index (χ1n) is 12.2. The van der Waals surface area contributed by atoms with Crippen LogP contribution in [-0.2, 0) is 12.5 Å². The maximum Gasteiger partial charge on any atom is 0.293 e. The second-order valence-electron chi connectivity index (χ2n) is 10.3. The Morgan fingerprint density at radius 1 is 1.00 bits per heavy atom. The fourth-order valence-electron chi connectivity index (χ4n) is 4.04. The fraction of sp³-hybridized carbons (Fsp3) is 0.233. The van der Waals surface area contributed by atoms with Gasteiger partial charge in [0.05, 0.1) is 5.69 Å². The number of aryl methyl sites for hydroxylation is 2. The molecule has 1 aromatic heterocycles. The number of hydrogen-bond acceptors (Lipinski definition) is 5. The minimum absolute atomic E-state index is 0.0163. The second-order valence-corrected chi connectivity index (χ2v) is 10.3. The Morgan fingerprint density at radius 2 is 1.70 bits per heavy atom. The number of nitrogen functional groups attached to an aromatic ring is 1. The zero-order chi connectivity index (χ0) is 26.9. The van der Waals surface area contributed by atoms with Gasteiger partial charge in [0.1, 0.15) is 0 Å². The minimum atomic E-state index is -0.260.